The predicted octanol–water partition coefficient (Wildman–Crippen LogP) is 3.05. The van der Waals surface area contributed by atoms with Gasteiger partial charge in [-0.3, -0.25) is 0 Å². The summed E-state index contributed by atoms with van der Waals surface area (Å²) in [5.41, 5.74) is 2.59. The van der Waals surface area contributed by atoms with Crippen LogP contribution < -0.4 is 10.1 Å². The van der Waals surface area contributed by atoms with Crippen molar-refractivity contribution in [3.05, 3.63) is 27.7 Å². The van der Waals surface area contributed by atoms with Crippen LogP contribution in [0.25, 0.3) is 0 Å². The van der Waals surface area contributed by atoms with Crippen LogP contribution in [-0.4, -0.2) is 13.2 Å². The Kier molecular flexibility index (Phi) is 3.32. The molecule has 1 aromatic rings. The molecule has 0 spiro atoms. The Hall–Kier alpha value is -0.540. The van der Waals surface area contributed by atoms with E-state index in [0.29, 0.717) is 6.04 Å². The molecule has 0 radical (unpaired) electrons. The molecule has 3 heteroatoms. The summed E-state index contributed by atoms with van der Waals surface area (Å²) in [6, 6.07) is 4.65. The van der Waals surface area contributed by atoms with Gasteiger partial charge in [0.1, 0.15) is 5.75 Å². The molecule has 1 N–H and O–H groups in total. The fourth-order valence-corrected chi connectivity index (χ4v) is 2.56. The van der Waals surface area contributed by atoms with E-state index in [1.54, 1.807) is 0 Å². The van der Waals surface area contributed by atoms with Crippen molar-refractivity contribution in [3.63, 3.8) is 0 Å². The summed E-state index contributed by atoms with van der Waals surface area (Å²) in [6.07, 6.45) is 1.03. The third-order valence-electron chi connectivity index (χ3n) is 2.75. The normalized spacial score (nSPS) is 15.9. The minimum Gasteiger partial charge on any atom is -0.493 e. The van der Waals surface area contributed by atoms with E-state index in [4.69, 9.17) is 4.74 Å². The average molecular weight is 270 g/mol. The fraction of sp³-hybridized carbons (Fsp3) is 0.500. The van der Waals surface area contributed by atoms with Crippen LogP contribution in [-0.2, 0) is 6.42 Å². The highest BCUT2D eigenvalue weighted by Gasteiger charge is 2.20. The molecule has 0 aromatic heterocycles. The topological polar surface area (TPSA) is 21.3 Å². The van der Waals surface area contributed by atoms with Crippen LogP contribution in [0, 0.1) is 0 Å². The summed E-state index contributed by atoms with van der Waals surface area (Å²) in [6.45, 7) is 6.09. The molecule has 2 nitrogen and oxygen atoms in total. The zero-order chi connectivity index (χ0) is 10.8. The second kappa shape index (κ2) is 4.54. The van der Waals surface area contributed by atoms with Gasteiger partial charge < -0.3 is 10.1 Å². The van der Waals surface area contributed by atoms with E-state index in [1.165, 1.54) is 11.1 Å². The van der Waals surface area contributed by atoms with Crippen LogP contribution in [0.4, 0.5) is 0 Å². The van der Waals surface area contributed by atoms with Gasteiger partial charge >= 0.3 is 0 Å². The minimum absolute atomic E-state index is 0.347. The number of benzene rings is 1. The fourth-order valence-electron chi connectivity index (χ4n) is 2.04. The third-order valence-corrected chi connectivity index (χ3v) is 3.21. The Labute approximate surface area is 99.1 Å². The van der Waals surface area contributed by atoms with Crippen molar-refractivity contribution < 1.29 is 4.74 Å². The summed E-state index contributed by atoms with van der Waals surface area (Å²) < 4.78 is 6.84. The van der Waals surface area contributed by atoms with Gasteiger partial charge in [-0.05, 0) is 31.2 Å². The van der Waals surface area contributed by atoms with Crippen molar-refractivity contribution in [1.29, 1.82) is 0 Å². The highest BCUT2D eigenvalue weighted by Crippen LogP contribution is 2.36. The van der Waals surface area contributed by atoms with Crippen LogP contribution >= 0.6 is 15.9 Å². The molecule has 0 saturated carbocycles. The standard InChI is InChI=1S/C12H16BrNO/c1-3-14-8(2)11-7-10(13)6-9-4-5-15-12(9)11/h6-8,14H,3-5H2,1-2H3. The molecule has 2 rings (SSSR count). The molecule has 0 saturated heterocycles. The second-order valence-corrected chi connectivity index (χ2v) is 4.78. The smallest absolute Gasteiger partial charge is 0.127 e. The molecule has 1 aliphatic rings. The first-order valence-corrected chi connectivity index (χ1v) is 6.20. The molecule has 0 aliphatic carbocycles. The number of hydrogen-bond donors (Lipinski definition) is 1. The zero-order valence-corrected chi connectivity index (χ0v) is 10.7. The molecule has 15 heavy (non-hydrogen) atoms. The molecule has 0 bridgehead atoms. The van der Waals surface area contributed by atoms with E-state index in [2.05, 4.69) is 47.2 Å². The lowest BCUT2D eigenvalue weighted by atomic mass is 10.0. The van der Waals surface area contributed by atoms with Crippen LogP contribution in [0.3, 0.4) is 0 Å². The Morgan fingerprint density at radius 2 is 2.33 bits per heavy atom. The van der Waals surface area contributed by atoms with Gasteiger partial charge in [0.05, 0.1) is 6.61 Å². The lowest BCUT2D eigenvalue weighted by Gasteiger charge is -2.16. The molecule has 1 aromatic carbocycles. The van der Waals surface area contributed by atoms with E-state index in [0.717, 1.165) is 29.8 Å². The molecule has 82 valence electrons. The summed E-state index contributed by atoms with van der Waals surface area (Å²) in [4.78, 5) is 0. The Morgan fingerprint density at radius 1 is 1.53 bits per heavy atom. The van der Waals surface area contributed by atoms with Gasteiger partial charge in [0.15, 0.2) is 0 Å². The molecule has 1 unspecified atom stereocenters. The van der Waals surface area contributed by atoms with Crippen molar-refractivity contribution >= 4 is 15.9 Å². The number of halogens is 1. The van der Waals surface area contributed by atoms with Crippen LogP contribution in [0.2, 0.25) is 0 Å². The molecule has 0 fully saturated rings. The minimum atomic E-state index is 0.347. The van der Waals surface area contributed by atoms with Crippen LogP contribution in [0.5, 0.6) is 5.75 Å². The van der Waals surface area contributed by atoms with Gasteiger partial charge in [-0.25, -0.2) is 0 Å². The quantitative estimate of drug-likeness (QED) is 0.911. The number of fused-ring (bicyclic) bond motifs is 1. The number of nitrogens with one attached hydrogen (secondary N) is 1. The van der Waals surface area contributed by atoms with Gasteiger partial charge in [0.2, 0.25) is 0 Å². The lowest BCUT2D eigenvalue weighted by Crippen LogP contribution is -2.18. The second-order valence-electron chi connectivity index (χ2n) is 3.86. The van der Waals surface area contributed by atoms with E-state index in [1.807, 2.05) is 0 Å². The summed E-state index contributed by atoms with van der Waals surface area (Å²) in [5.74, 6) is 1.09. The van der Waals surface area contributed by atoms with Crippen molar-refractivity contribution in [1.82, 2.24) is 5.32 Å². The van der Waals surface area contributed by atoms with Gasteiger partial charge in [0.25, 0.3) is 0 Å². The van der Waals surface area contributed by atoms with Crippen molar-refractivity contribution in [2.45, 2.75) is 26.3 Å². The van der Waals surface area contributed by atoms with Gasteiger partial charge in [-0.2, -0.15) is 0 Å². The zero-order valence-electron chi connectivity index (χ0n) is 9.14. The first-order valence-electron chi connectivity index (χ1n) is 5.41. The van der Waals surface area contributed by atoms with E-state index >= 15 is 0 Å². The molecular weight excluding hydrogens is 254 g/mol. The molecular formula is C12H16BrNO. The largest absolute Gasteiger partial charge is 0.493 e. The summed E-state index contributed by atoms with van der Waals surface area (Å²) >= 11 is 3.55. The first-order chi connectivity index (χ1) is 7.22. The van der Waals surface area contributed by atoms with E-state index < -0.39 is 0 Å². The first kappa shape index (κ1) is 11.0. The summed E-state index contributed by atoms with van der Waals surface area (Å²) in [7, 11) is 0. The number of hydrogen-bond acceptors (Lipinski definition) is 2. The Morgan fingerprint density at radius 3 is 3.07 bits per heavy atom. The lowest BCUT2D eigenvalue weighted by molar-refractivity contribution is 0.349. The van der Waals surface area contributed by atoms with Crippen molar-refractivity contribution in [2.75, 3.05) is 13.2 Å². The van der Waals surface area contributed by atoms with Gasteiger partial charge in [0, 0.05) is 22.5 Å². The van der Waals surface area contributed by atoms with E-state index in [9.17, 15) is 0 Å². The number of rotatable bonds is 3. The molecule has 1 aliphatic heterocycles. The Balaban J connectivity index is 2.37. The van der Waals surface area contributed by atoms with E-state index in [-0.39, 0.29) is 0 Å². The molecule has 1 heterocycles. The van der Waals surface area contributed by atoms with Gasteiger partial charge in [-0.1, -0.05) is 22.9 Å². The maximum Gasteiger partial charge on any atom is 0.127 e. The SMILES string of the molecule is CCNC(C)c1cc(Br)cc2c1OCC2. The molecule has 0 amide bonds. The average Bonchev–Trinajstić information content (AvgIpc) is 2.64. The maximum absolute atomic E-state index is 5.69. The Bertz CT molecular complexity index is 365. The van der Waals surface area contributed by atoms with Crippen molar-refractivity contribution in [3.8, 4) is 5.75 Å². The number of ether oxygens (including phenoxy) is 1. The molecule has 1 atom stereocenters. The monoisotopic (exact) mass is 269 g/mol. The highest BCUT2D eigenvalue weighted by molar-refractivity contribution is 9.10. The van der Waals surface area contributed by atoms with Crippen LogP contribution in [0.15, 0.2) is 16.6 Å². The van der Waals surface area contributed by atoms with Crippen molar-refractivity contribution in [2.24, 2.45) is 0 Å². The summed E-state index contributed by atoms with van der Waals surface area (Å²) in [5, 5.41) is 3.42. The van der Waals surface area contributed by atoms with Crippen LogP contribution in [0.1, 0.15) is 31.0 Å². The third kappa shape index (κ3) is 2.18. The highest BCUT2D eigenvalue weighted by atomic mass is 79.9. The predicted molar refractivity (Wildman–Crippen MR) is 65.4 cm³/mol. The maximum atomic E-state index is 5.69. The van der Waals surface area contributed by atoms with Gasteiger partial charge in [-0.15, -0.1) is 0 Å².